The first-order valence-electron chi connectivity index (χ1n) is 8.42. The van der Waals surface area contributed by atoms with Crippen LogP contribution in [0.25, 0.3) is 10.9 Å². The molecule has 0 bridgehead atoms. The predicted molar refractivity (Wildman–Crippen MR) is 96.9 cm³/mol. The van der Waals surface area contributed by atoms with E-state index in [-0.39, 0.29) is 24.1 Å². The van der Waals surface area contributed by atoms with Gasteiger partial charge in [0.1, 0.15) is 5.82 Å². The Morgan fingerprint density at radius 1 is 1.23 bits per heavy atom. The van der Waals surface area contributed by atoms with Crippen LogP contribution in [0.5, 0.6) is 0 Å². The third kappa shape index (κ3) is 2.83. The molecular formula is C20H18FN3O2. The van der Waals surface area contributed by atoms with E-state index in [1.165, 1.54) is 17.0 Å². The van der Waals surface area contributed by atoms with Crippen LogP contribution in [-0.4, -0.2) is 28.7 Å². The molecule has 1 fully saturated rings. The highest BCUT2D eigenvalue weighted by Crippen LogP contribution is 2.38. The molecule has 2 aromatic carbocycles. The molecule has 0 aliphatic carbocycles. The maximum Gasteiger partial charge on any atom is 0.230 e. The van der Waals surface area contributed by atoms with Crippen molar-refractivity contribution in [2.45, 2.75) is 12.5 Å². The molecule has 2 N–H and O–H groups in total. The molecule has 1 aromatic heterocycles. The maximum absolute atomic E-state index is 13.6. The fourth-order valence-electron chi connectivity index (χ4n) is 3.61. The van der Waals surface area contributed by atoms with E-state index in [1.54, 1.807) is 19.2 Å². The van der Waals surface area contributed by atoms with Gasteiger partial charge in [0, 0.05) is 30.9 Å². The molecule has 0 saturated carbocycles. The molecular weight excluding hydrogens is 333 g/mol. The summed E-state index contributed by atoms with van der Waals surface area (Å²) in [5.74, 6) is -1.33. The average molecular weight is 351 g/mol. The lowest BCUT2D eigenvalue weighted by Gasteiger charge is -2.25. The zero-order valence-corrected chi connectivity index (χ0v) is 14.2. The monoisotopic (exact) mass is 351 g/mol. The molecule has 132 valence electrons. The number of aromatic nitrogens is 1. The number of rotatable bonds is 3. The summed E-state index contributed by atoms with van der Waals surface area (Å²) >= 11 is 0. The molecule has 2 heterocycles. The highest BCUT2D eigenvalue weighted by atomic mass is 19.1. The van der Waals surface area contributed by atoms with Crippen LogP contribution in [0.2, 0.25) is 0 Å². The van der Waals surface area contributed by atoms with Crippen LogP contribution in [0.1, 0.15) is 18.0 Å². The molecule has 1 aliphatic heterocycles. The molecule has 0 radical (unpaired) electrons. The summed E-state index contributed by atoms with van der Waals surface area (Å²) in [5.41, 5.74) is 2.20. The number of H-pyrrole nitrogens is 1. The summed E-state index contributed by atoms with van der Waals surface area (Å²) < 4.78 is 13.6. The van der Waals surface area contributed by atoms with Gasteiger partial charge in [0.2, 0.25) is 11.8 Å². The number of nitrogens with one attached hydrogen (secondary N) is 2. The molecule has 3 aromatic rings. The van der Waals surface area contributed by atoms with Crippen molar-refractivity contribution < 1.29 is 14.0 Å². The molecule has 2 atom stereocenters. The van der Waals surface area contributed by atoms with E-state index < -0.39 is 12.0 Å². The highest BCUT2D eigenvalue weighted by Gasteiger charge is 2.42. The van der Waals surface area contributed by atoms with E-state index in [0.717, 1.165) is 10.9 Å². The van der Waals surface area contributed by atoms with Crippen molar-refractivity contribution in [1.82, 2.24) is 9.88 Å². The lowest BCUT2D eigenvalue weighted by atomic mass is 9.92. The second kappa shape index (κ2) is 6.29. The van der Waals surface area contributed by atoms with E-state index in [4.69, 9.17) is 0 Å². The maximum atomic E-state index is 13.6. The van der Waals surface area contributed by atoms with Gasteiger partial charge in [-0.15, -0.1) is 0 Å². The first kappa shape index (κ1) is 16.3. The molecule has 2 amide bonds. The van der Waals surface area contributed by atoms with Crippen LogP contribution in [0.3, 0.4) is 0 Å². The number of hydrogen-bond acceptors (Lipinski definition) is 2. The van der Waals surface area contributed by atoms with E-state index in [1.807, 2.05) is 30.5 Å². The Bertz CT molecular complexity index is 997. The largest absolute Gasteiger partial charge is 0.361 e. The number of carbonyl (C=O) groups excluding carboxylic acids is 2. The Morgan fingerprint density at radius 2 is 2.08 bits per heavy atom. The predicted octanol–water partition coefficient (Wildman–Crippen LogP) is 3.47. The minimum Gasteiger partial charge on any atom is -0.361 e. The van der Waals surface area contributed by atoms with Crippen LogP contribution in [0.4, 0.5) is 10.1 Å². The van der Waals surface area contributed by atoms with Gasteiger partial charge in [0.05, 0.1) is 12.0 Å². The molecule has 1 aliphatic rings. The minimum atomic E-state index is -0.575. The standard InChI is InChI=1S/C20H18FN3O2/c1-24-18(25)11-16(19(24)13-3-2-4-14(21)9-13)20(26)23-15-6-5-12-7-8-22-17(12)10-15/h2-10,16,19,22H,11H2,1H3,(H,23,26)/t16-,19+/m1/s1. The lowest BCUT2D eigenvalue weighted by Crippen LogP contribution is -2.30. The van der Waals surface area contributed by atoms with Crippen molar-refractivity contribution >= 4 is 28.4 Å². The van der Waals surface area contributed by atoms with E-state index in [0.29, 0.717) is 11.3 Å². The Kier molecular flexibility index (Phi) is 3.95. The smallest absolute Gasteiger partial charge is 0.230 e. The summed E-state index contributed by atoms with van der Waals surface area (Å²) in [6.45, 7) is 0. The van der Waals surface area contributed by atoms with Gasteiger partial charge >= 0.3 is 0 Å². The number of anilines is 1. The number of hydrogen-bond donors (Lipinski definition) is 2. The summed E-state index contributed by atoms with van der Waals surface area (Å²) in [4.78, 5) is 29.7. The van der Waals surface area contributed by atoms with Crippen LogP contribution >= 0.6 is 0 Å². The Morgan fingerprint density at radius 3 is 2.88 bits per heavy atom. The highest BCUT2D eigenvalue weighted by molar-refractivity contribution is 5.99. The molecule has 1 saturated heterocycles. The van der Waals surface area contributed by atoms with Gasteiger partial charge in [-0.25, -0.2) is 4.39 Å². The summed E-state index contributed by atoms with van der Waals surface area (Å²) in [7, 11) is 1.65. The topological polar surface area (TPSA) is 65.2 Å². The third-order valence-corrected chi connectivity index (χ3v) is 4.94. The van der Waals surface area contributed by atoms with E-state index in [9.17, 15) is 14.0 Å². The van der Waals surface area contributed by atoms with Crippen molar-refractivity contribution in [3.8, 4) is 0 Å². The first-order chi connectivity index (χ1) is 12.5. The van der Waals surface area contributed by atoms with Crippen molar-refractivity contribution in [3.63, 3.8) is 0 Å². The molecule has 5 nitrogen and oxygen atoms in total. The zero-order chi connectivity index (χ0) is 18.3. The van der Waals surface area contributed by atoms with Gasteiger partial charge in [0.25, 0.3) is 0 Å². The molecule has 0 spiro atoms. The number of amides is 2. The number of benzene rings is 2. The molecule has 26 heavy (non-hydrogen) atoms. The van der Waals surface area contributed by atoms with Crippen LogP contribution < -0.4 is 5.32 Å². The quantitative estimate of drug-likeness (QED) is 0.759. The normalized spacial score (nSPS) is 19.9. The molecule has 6 heteroatoms. The van der Waals surface area contributed by atoms with Gasteiger partial charge in [-0.05, 0) is 41.3 Å². The fourth-order valence-corrected chi connectivity index (χ4v) is 3.61. The number of fused-ring (bicyclic) bond motifs is 1. The lowest BCUT2D eigenvalue weighted by molar-refractivity contribution is -0.128. The zero-order valence-electron chi connectivity index (χ0n) is 14.2. The van der Waals surface area contributed by atoms with Gasteiger partial charge in [-0.3, -0.25) is 9.59 Å². The average Bonchev–Trinajstić information content (AvgIpc) is 3.19. The summed E-state index contributed by atoms with van der Waals surface area (Å²) in [5, 5.41) is 3.94. The Hall–Kier alpha value is -3.15. The van der Waals surface area contributed by atoms with Gasteiger partial charge in [-0.2, -0.15) is 0 Å². The second-order valence-electron chi connectivity index (χ2n) is 6.58. The summed E-state index contributed by atoms with van der Waals surface area (Å²) in [6, 6.07) is 13.1. The van der Waals surface area contributed by atoms with Crippen molar-refractivity contribution in [2.24, 2.45) is 5.92 Å². The first-order valence-corrected chi connectivity index (χ1v) is 8.42. The van der Waals surface area contributed by atoms with Crippen LogP contribution in [-0.2, 0) is 9.59 Å². The fraction of sp³-hybridized carbons (Fsp3) is 0.200. The third-order valence-electron chi connectivity index (χ3n) is 4.94. The summed E-state index contributed by atoms with van der Waals surface area (Å²) in [6.07, 6.45) is 1.94. The van der Waals surface area contributed by atoms with Crippen molar-refractivity contribution in [1.29, 1.82) is 0 Å². The van der Waals surface area contributed by atoms with Gasteiger partial charge in [-0.1, -0.05) is 18.2 Å². The molecule has 4 rings (SSSR count). The van der Waals surface area contributed by atoms with Crippen molar-refractivity contribution in [3.05, 3.63) is 66.1 Å². The van der Waals surface area contributed by atoms with E-state index in [2.05, 4.69) is 10.3 Å². The minimum absolute atomic E-state index is 0.105. The van der Waals surface area contributed by atoms with Gasteiger partial charge in [0.15, 0.2) is 0 Å². The van der Waals surface area contributed by atoms with E-state index >= 15 is 0 Å². The van der Waals surface area contributed by atoms with Crippen LogP contribution in [0, 0.1) is 11.7 Å². The van der Waals surface area contributed by atoms with Crippen molar-refractivity contribution in [2.75, 3.05) is 12.4 Å². The Labute approximate surface area is 149 Å². The second-order valence-corrected chi connectivity index (χ2v) is 6.58. The number of carbonyl (C=O) groups is 2. The number of nitrogens with zero attached hydrogens (tertiary/aromatic N) is 1. The van der Waals surface area contributed by atoms with Gasteiger partial charge < -0.3 is 15.2 Å². The number of halogens is 1. The molecule has 0 unspecified atom stereocenters. The van der Waals surface area contributed by atoms with Crippen LogP contribution in [0.15, 0.2) is 54.7 Å². The SMILES string of the molecule is CN1C(=O)C[C@@H](C(=O)Nc2ccc3cc[nH]c3c2)[C@@H]1c1cccc(F)c1. The Balaban J connectivity index is 1.61. The number of likely N-dealkylation sites (tertiary alicyclic amines) is 1. The number of aromatic amines is 1.